The van der Waals surface area contributed by atoms with E-state index in [1.54, 1.807) is 24.0 Å². The Morgan fingerprint density at radius 3 is 2.70 bits per heavy atom. The fourth-order valence-electron chi connectivity index (χ4n) is 3.18. The minimum Gasteiger partial charge on any atom is -0.332 e. The van der Waals surface area contributed by atoms with Crippen LogP contribution in [-0.2, 0) is 0 Å². The van der Waals surface area contributed by atoms with Crippen molar-refractivity contribution in [1.29, 1.82) is 0 Å². The zero-order valence-corrected chi connectivity index (χ0v) is 16.9. The molecule has 2 atom stereocenters. The van der Waals surface area contributed by atoms with Gasteiger partial charge in [-0.05, 0) is 41.8 Å². The quantitative estimate of drug-likeness (QED) is 0.420. The average Bonchev–Trinajstić information content (AvgIpc) is 3.32. The molecule has 0 aliphatic heterocycles. The van der Waals surface area contributed by atoms with E-state index >= 15 is 0 Å². The van der Waals surface area contributed by atoms with Crippen molar-refractivity contribution in [3.05, 3.63) is 60.7 Å². The number of thiazole rings is 1. The maximum Gasteiger partial charge on any atom is 0.188 e. The van der Waals surface area contributed by atoms with E-state index in [1.807, 2.05) is 22.9 Å². The second-order valence-corrected chi connectivity index (χ2v) is 8.17. The Bertz CT molecular complexity index is 1020. The zero-order chi connectivity index (χ0) is 18.8. The Hall–Kier alpha value is -2.38. The van der Waals surface area contributed by atoms with Crippen LogP contribution in [0.3, 0.4) is 0 Å². The van der Waals surface area contributed by atoms with Gasteiger partial charge in [0.1, 0.15) is 12.7 Å². The highest BCUT2D eigenvalue weighted by Crippen LogP contribution is 2.32. The third-order valence-electron chi connectivity index (χ3n) is 4.78. The summed E-state index contributed by atoms with van der Waals surface area (Å²) in [4.78, 5) is 9.70. The van der Waals surface area contributed by atoms with Gasteiger partial charge in [-0.25, -0.2) is 14.6 Å². The number of hydrogen-bond donors (Lipinski definition) is 2. The predicted molar refractivity (Wildman–Crippen MR) is 114 cm³/mol. The van der Waals surface area contributed by atoms with Crippen LogP contribution in [0.4, 0.5) is 10.8 Å². The van der Waals surface area contributed by atoms with E-state index in [0.717, 1.165) is 32.4 Å². The fourth-order valence-corrected chi connectivity index (χ4v) is 4.40. The highest BCUT2D eigenvalue weighted by atomic mass is 32.1. The summed E-state index contributed by atoms with van der Waals surface area (Å²) >= 11 is 6.03. The van der Waals surface area contributed by atoms with Crippen molar-refractivity contribution in [1.82, 2.24) is 19.7 Å². The van der Waals surface area contributed by atoms with Crippen LogP contribution in [0.15, 0.2) is 60.0 Å². The van der Waals surface area contributed by atoms with Crippen LogP contribution in [0, 0.1) is 5.92 Å². The van der Waals surface area contributed by atoms with Crippen molar-refractivity contribution < 1.29 is 0 Å². The van der Waals surface area contributed by atoms with E-state index in [0.29, 0.717) is 5.92 Å². The van der Waals surface area contributed by atoms with Crippen molar-refractivity contribution in [3.8, 4) is 0 Å². The van der Waals surface area contributed by atoms with Crippen LogP contribution in [0.2, 0.25) is 0 Å². The lowest BCUT2D eigenvalue weighted by Crippen LogP contribution is -2.18. The first kappa shape index (κ1) is 18.0. The fraction of sp³-hybridized carbons (Fsp3) is 0.250. The molecule has 0 aliphatic carbocycles. The summed E-state index contributed by atoms with van der Waals surface area (Å²) < 4.78 is 3.07. The minimum absolute atomic E-state index is 0.183. The first-order valence-corrected chi connectivity index (χ1v) is 10.2. The van der Waals surface area contributed by atoms with Crippen LogP contribution in [-0.4, -0.2) is 19.7 Å². The number of hydrogen-bond acceptors (Lipinski definition) is 6. The molecule has 2 aromatic carbocycles. The third-order valence-corrected chi connectivity index (χ3v) is 5.99. The van der Waals surface area contributed by atoms with E-state index in [2.05, 4.69) is 71.1 Å². The molecule has 2 heterocycles. The van der Waals surface area contributed by atoms with Gasteiger partial charge < -0.3 is 5.32 Å². The van der Waals surface area contributed by atoms with Gasteiger partial charge in [-0.15, -0.1) is 12.6 Å². The van der Waals surface area contributed by atoms with Crippen molar-refractivity contribution >= 4 is 45.0 Å². The average molecular weight is 396 g/mol. The molecular formula is C20H21N5S2. The molecule has 2 aromatic heterocycles. The number of fused-ring (bicyclic) bond motifs is 1. The topological polar surface area (TPSA) is 55.6 Å². The Morgan fingerprint density at radius 2 is 2.00 bits per heavy atom. The van der Waals surface area contributed by atoms with Crippen molar-refractivity contribution in [2.45, 2.75) is 31.2 Å². The molecule has 0 saturated carbocycles. The molecule has 27 heavy (non-hydrogen) atoms. The number of thiol groups is 1. The van der Waals surface area contributed by atoms with Gasteiger partial charge in [0.15, 0.2) is 5.13 Å². The summed E-state index contributed by atoms with van der Waals surface area (Å²) in [6.45, 7) is 4.45. The third kappa shape index (κ3) is 3.84. The normalized spacial score (nSPS) is 13.6. The van der Waals surface area contributed by atoms with Crippen LogP contribution in [0.25, 0.3) is 10.2 Å². The van der Waals surface area contributed by atoms with Gasteiger partial charge in [0.2, 0.25) is 0 Å². The summed E-state index contributed by atoms with van der Waals surface area (Å²) in [6, 6.07) is 14.7. The molecule has 138 valence electrons. The second-order valence-electron chi connectivity index (χ2n) is 6.62. The van der Waals surface area contributed by atoms with Crippen LogP contribution in [0.5, 0.6) is 0 Å². The molecule has 0 saturated heterocycles. The van der Waals surface area contributed by atoms with E-state index < -0.39 is 0 Å². The van der Waals surface area contributed by atoms with E-state index in [1.165, 1.54) is 5.56 Å². The van der Waals surface area contributed by atoms with Gasteiger partial charge in [0.25, 0.3) is 0 Å². The number of nitrogens with zero attached hydrogens (tertiary/aromatic N) is 4. The predicted octanol–water partition coefficient (Wildman–Crippen LogP) is 5.56. The summed E-state index contributed by atoms with van der Waals surface area (Å²) in [5, 5.41) is 8.64. The van der Waals surface area contributed by atoms with Crippen molar-refractivity contribution in [3.63, 3.8) is 0 Å². The number of rotatable bonds is 6. The monoisotopic (exact) mass is 395 g/mol. The lowest BCUT2D eigenvalue weighted by molar-refractivity contribution is 0.367. The summed E-state index contributed by atoms with van der Waals surface area (Å²) in [5.41, 5.74) is 3.23. The Kier molecular flexibility index (Phi) is 5.13. The lowest BCUT2D eigenvalue weighted by atomic mass is 9.92. The van der Waals surface area contributed by atoms with Crippen molar-refractivity contribution in [2.24, 2.45) is 5.92 Å². The molecule has 7 heteroatoms. The Balaban J connectivity index is 1.57. The SMILES string of the molecule is CCC(C)C(c1ccc(Nc2nc3ccc(S)cc3s2)cc1)n1cncn1. The van der Waals surface area contributed by atoms with E-state index in [4.69, 9.17) is 0 Å². The molecule has 0 spiro atoms. The van der Waals surface area contributed by atoms with Gasteiger partial charge in [0.05, 0.1) is 16.3 Å². The molecule has 0 radical (unpaired) electrons. The number of aromatic nitrogens is 4. The first-order chi connectivity index (χ1) is 13.1. The molecule has 0 aliphatic rings. The van der Waals surface area contributed by atoms with Gasteiger partial charge in [0, 0.05) is 10.6 Å². The highest BCUT2D eigenvalue weighted by Gasteiger charge is 2.20. The second kappa shape index (κ2) is 7.70. The molecule has 4 rings (SSSR count). The molecule has 5 nitrogen and oxygen atoms in total. The molecule has 0 amide bonds. The maximum absolute atomic E-state index is 4.64. The van der Waals surface area contributed by atoms with Gasteiger partial charge >= 0.3 is 0 Å². The van der Waals surface area contributed by atoms with Gasteiger partial charge in [-0.1, -0.05) is 43.7 Å². The standard InChI is InChI=1S/C20H21N5S2/c1-3-13(2)19(25-12-21-11-22-25)14-4-6-15(7-5-14)23-20-24-17-9-8-16(26)10-18(17)27-20/h4-13,19,26H,3H2,1-2H3,(H,23,24). The molecule has 4 aromatic rings. The van der Waals surface area contributed by atoms with Gasteiger partial charge in [-0.2, -0.15) is 5.10 Å². The number of anilines is 2. The highest BCUT2D eigenvalue weighted by molar-refractivity contribution is 7.80. The smallest absolute Gasteiger partial charge is 0.188 e. The zero-order valence-electron chi connectivity index (χ0n) is 15.2. The van der Waals surface area contributed by atoms with Crippen LogP contribution < -0.4 is 5.32 Å². The Labute approximate surface area is 167 Å². The molecule has 0 fully saturated rings. The first-order valence-electron chi connectivity index (χ1n) is 8.94. The Morgan fingerprint density at radius 1 is 1.19 bits per heavy atom. The minimum atomic E-state index is 0.183. The molecule has 0 bridgehead atoms. The molecule has 2 unspecified atom stereocenters. The van der Waals surface area contributed by atoms with Crippen LogP contribution >= 0.6 is 24.0 Å². The van der Waals surface area contributed by atoms with Gasteiger partial charge in [-0.3, -0.25) is 0 Å². The van der Waals surface area contributed by atoms with Crippen LogP contribution in [0.1, 0.15) is 31.9 Å². The maximum atomic E-state index is 4.64. The largest absolute Gasteiger partial charge is 0.332 e. The number of nitrogens with one attached hydrogen (secondary N) is 1. The number of benzene rings is 2. The summed E-state index contributed by atoms with van der Waals surface area (Å²) in [7, 11) is 0. The summed E-state index contributed by atoms with van der Waals surface area (Å²) in [5.74, 6) is 0.463. The molecular weight excluding hydrogens is 374 g/mol. The molecule has 1 N–H and O–H groups in total. The summed E-state index contributed by atoms with van der Waals surface area (Å²) in [6.07, 6.45) is 4.46. The van der Waals surface area contributed by atoms with Crippen molar-refractivity contribution in [2.75, 3.05) is 5.32 Å². The lowest BCUT2D eigenvalue weighted by Gasteiger charge is -2.23. The van der Waals surface area contributed by atoms with E-state index in [9.17, 15) is 0 Å². The van der Waals surface area contributed by atoms with E-state index in [-0.39, 0.29) is 6.04 Å².